The summed E-state index contributed by atoms with van der Waals surface area (Å²) in [5, 5.41) is 5.92. The Morgan fingerprint density at radius 3 is 2.57 bits per heavy atom. The van der Waals surface area contributed by atoms with Crippen molar-refractivity contribution in [2.24, 2.45) is 0 Å². The Kier molecular flexibility index (Phi) is 6.57. The Balaban J connectivity index is 1.92. The molecule has 0 aliphatic rings. The van der Waals surface area contributed by atoms with Gasteiger partial charge in [-0.05, 0) is 75.8 Å². The van der Waals surface area contributed by atoms with Crippen LogP contribution in [-0.4, -0.2) is 42.7 Å². The van der Waals surface area contributed by atoms with Crippen LogP contribution in [0.4, 0.5) is 11.4 Å². The molecule has 0 fully saturated rings. The summed E-state index contributed by atoms with van der Waals surface area (Å²) >= 11 is 0. The molecule has 3 N–H and O–H groups in total. The first-order valence-electron chi connectivity index (χ1n) is 10.2. The molecular weight excluding hydrogens is 348 g/mol. The van der Waals surface area contributed by atoms with Crippen molar-refractivity contribution in [1.82, 2.24) is 9.88 Å². The van der Waals surface area contributed by atoms with E-state index in [2.05, 4.69) is 43.1 Å². The number of hydrogen-bond donors (Lipinski definition) is 2. The van der Waals surface area contributed by atoms with Gasteiger partial charge in [0.25, 0.3) is 0 Å². The summed E-state index contributed by atoms with van der Waals surface area (Å²) in [5.41, 5.74) is 9.69. The van der Waals surface area contributed by atoms with E-state index in [1.165, 1.54) is 6.42 Å². The van der Waals surface area contributed by atoms with Crippen LogP contribution in [0.25, 0.3) is 21.8 Å². The molecule has 0 spiro atoms. The number of nitrogens with one attached hydrogen (secondary N) is 1. The topological polar surface area (TPSA) is 63.4 Å². The van der Waals surface area contributed by atoms with Gasteiger partial charge in [-0.3, -0.25) is 0 Å². The Morgan fingerprint density at radius 2 is 1.86 bits per heavy atom. The number of pyridine rings is 1. The van der Waals surface area contributed by atoms with Crippen molar-refractivity contribution in [3.63, 3.8) is 0 Å². The lowest BCUT2D eigenvalue weighted by atomic mass is 10.0. The highest BCUT2D eigenvalue weighted by Gasteiger charge is 2.13. The molecule has 150 valence electrons. The summed E-state index contributed by atoms with van der Waals surface area (Å²) in [6, 6.07) is 12.3. The third-order valence-electron chi connectivity index (χ3n) is 5.40. The zero-order valence-electron chi connectivity index (χ0n) is 17.5. The van der Waals surface area contributed by atoms with E-state index in [1.54, 1.807) is 7.11 Å². The van der Waals surface area contributed by atoms with Crippen LogP contribution in [0, 0.1) is 0 Å². The molecule has 5 heteroatoms. The fourth-order valence-electron chi connectivity index (χ4n) is 3.70. The summed E-state index contributed by atoms with van der Waals surface area (Å²) in [5.74, 6) is 0.835. The molecule has 1 aromatic heterocycles. The Bertz CT molecular complexity index is 937. The number of ether oxygens (including phenoxy) is 1. The van der Waals surface area contributed by atoms with Gasteiger partial charge in [-0.2, -0.15) is 0 Å². The molecule has 0 aliphatic carbocycles. The normalized spacial score (nSPS) is 12.6. The van der Waals surface area contributed by atoms with E-state index in [0.29, 0.717) is 6.04 Å². The van der Waals surface area contributed by atoms with Gasteiger partial charge in [0.1, 0.15) is 5.75 Å². The number of nitrogens with two attached hydrogens (primary N) is 1. The molecule has 0 aliphatic heterocycles. The van der Waals surface area contributed by atoms with Gasteiger partial charge < -0.3 is 20.7 Å². The fraction of sp³-hybridized carbons (Fsp3) is 0.435. The molecule has 5 nitrogen and oxygen atoms in total. The standard InChI is InChI=1S/C23H32N4O/c1-5-27(6-2)13-7-8-16(3)25-23-19-11-9-17(24)14-22(19)26-21-12-10-18(28-4)15-20(21)23/h9-12,14-16H,5-8,13,24H2,1-4H3,(H,25,26). The zero-order valence-corrected chi connectivity index (χ0v) is 17.5. The van der Waals surface area contributed by atoms with E-state index < -0.39 is 0 Å². The number of rotatable bonds is 9. The van der Waals surface area contributed by atoms with Crippen molar-refractivity contribution in [3.05, 3.63) is 36.4 Å². The third-order valence-corrected chi connectivity index (χ3v) is 5.40. The maximum Gasteiger partial charge on any atom is 0.119 e. The number of fused-ring (bicyclic) bond motifs is 2. The van der Waals surface area contributed by atoms with Crippen molar-refractivity contribution in [1.29, 1.82) is 0 Å². The molecule has 1 unspecified atom stereocenters. The highest BCUT2D eigenvalue weighted by atomic mass is 16.5. The third kappa shape index (κ3) is 4.47. The number of hydrogen-bond acceptors (Lipinski definition) is 5. The number of aromatic nitrogens is 1. The number of benzene rings is 2. The van der Waals surface area contributed by atoms with Crippen molar-refractivity contribution in [3.8, 4) is 5.75 Å². The van der Waals surface area contributed by atoms with E-state index in [1.807, 2.05) is 24.3 Å². The molecule has 1 atom stereocenters. The van der Waals surface area contributed by atoms with E-state index in [9.17, 15) is 0 Å². The van der Waals surface area contributed by atoms with Crippen molar-refractivity contribution in [2.45, 2.75) is 39.7 Å². The monoisotopic (exact) mass is 380 g/mol. The Hall–Kier alpha value is -2.53. The van der Waals surface area contributed by atoms with Crippen LogP contribution in [0.3, 0.4) is 0 Å². The van der Waals surface area contributed by atoms with Crippen molar-refractivity contribution in [2.75, 3.05) is 37.8 Å². The van der Waals surface area contributed by atoms with Crippen LogP contribution >= 0.6 is 0 Å². The average Bonchev–Trinajstić information content (AvgIpc) is 2.70. The van der Waals surface area contributed by atoms with Gasteiger partial charge in [0.2, 0.25) is 0 Å². The van der Waals surface area contributed by atoms with Crippen molar-refractivity contribution >= 4 is 33.2 Å². The van der Waals surface area contributed by atoms with Crippen LogP contribution in [0.5, 0.6) is 5.75 Å². The lowest BCUT2D eigenvalue weighted by molar-refractivity contribution is 0.295. The van der Waals surface area contributed by atoms with Crippen molar-refractivity contribution < 1.29 is 4.74 Å². The summed E-state index contributed by atoms with van der Waals surface area (Å²) in [6.45, 7) is 10.1. The lowest BCUT2D eigenvalue weighted by Crippen LogP contribution is -2.25. The molecule has 0 bridgehead atoms. The minimum absolute atomic E-state index is 0.355. The van der Waals surface area contributed by atoms with Gasteiger partial charge >= 0.3 is 0 Å². The molecule has 1 heterocycles. The summed E-state index contributed by atoms with van der Waals surface area (Å²) in [6.07, 6.45) is 2.29. The smallest absolute Gasteiger partial charge is 0.119 e. The highest BCUT2D eigenvalue weighted by molar-refractivity contribution is 6.08. The Morgan fingerprint density at radius 1 is 1.07 bits per heavy atom. The molecule has 0 radical (unpaired) electrons. The highest BCUT2D eigenvalue weighted by Crippen LogP contribution is 2.34. The molecule has 3 rings (SSSR count). The van der Waals surface area contributed by atoms with Gasteiger partial charge in [-0.15, -0.1) is 0 Å². The average molecular weight is 381 g/mol. The maximum absolute atomic E-state index is 6.00. The van der Waals surface area contributed by atoms with E-state index in [4.69, 9.17) is 15.5 Å². The first kappa shape index (κ1) is 20.2. The minimum atomic E-state index is 0.355. The summed E-state index contributed by atoms with van der Waals surface area (Å²) < 4.78 is 5.45. The molecule has 0 saturated carbocycles. The number of anilines is 2. The maximum atomic E-state index is 6.00. The predicted octanol–water partition coefficient (Wildman–Crippen LogP) is 4.90. The molecule has 28 heavy (non-hydrogen) atoms. The van der Waals surface area contributed by atoms with Crippen LogP contribution in [0.2, 0.25) is 0 Å². The lowest BCUT2D eigenvalue weighted by Gasteiger charge is -2.22. The SMILES string of the molecule is CCN(CC)CCCC(C)Nc1c2ccc(N)cc2nc2ccc(OC)cc12. The van der Waals surface area contributed by atoms with E-state index >= 15 is 0 Å². The Labute approximate surface area is 167 Å². The van der Waals surface area contributed by atoms with Crippen LogP contribution in [0.15, 0.2) is 36.4 Å². The summed E-state index contributed by atoms with van der Waals surface area (Å²) in [7, 11) is 1.69. The van der Waals surface area contributed by atoms with Gasteiger partial charge in [0.05, 0.1) is 23.8 Å². The second-order valence-corrected chi connectivity index (χ2v) is 7.36. The molecule has 0 amide bonds. The molecule has 3 aromatic rings. The first-order chi connectivity index (χ1) is 13.5. The quantitative estimate of drug-likeness (QED) is 0.408. The second-order valence-electron chi connectivity index (χ2n) is 7.36. The number of nitrogen functional groups attached to an aromatic ring is 1. The molecular formula is C23H32N4O. The van der Waals surface area contributed by atoms with Gasteiger partial charge in [0.15, 0.2) is 0 Å². The largest absolute Gasteiger partial charge is 0.497 e. The zero-order chi connectivity index (χ0) is 20.1. The molecule has 0 saturated heterocycles. The van der Waals surface area contributed by atoms with Gasteiger partial charge in [0, 0.05) is 22.5 Å². The molecule has 2 aromatic carbocycles. The van der Waals surface area contributed by atoms with Gasteiger partial charge in [-0.25, -0.2) is 4.98 Å². The van der Waals surface area contributed by atoms with Gasteiger partial charge in [-0.1, -0.05) is 13.8 Å². The van der Waals surface area contributed by atoms with Crippen LogP contribution < -0.4 is 15.8 Å². The summed E-state index contributed by atoms with van der Waals surface area (Å²) in [4.78, 5) is 7.28. The van der Waals surface area contributed by atoms with E-state index in [0.717, 1.165) is 65.0 Å². The fourth-order valence-corrected chi connectivity index (χ4v) is 3.70. The second kappa shape index (κ2) is 9.11. The van der Waals surface area contributed by atoms with Crippen LogP contribution in [0.1, 0.15) is 33.6 Å². The minimum Gasteiger partial charge on any atom is -0.497 e. The van der Waals surface area contributed by atoms with E-state index in [-0.39, 0.29) is 0 Å². The number of methoxy groups -OCH3 is 1. The number of nitrogens with zero attached hydrogens (tertiary/aromatic N) is 2. The first-order valence-corrected chi connectivity index (χ1v) is 10.2. The van der Waals surface area contributed by atoms with Crippen LogP contribution in [-0.2, 0) is 0 Å². The predicted molar refractivity (Wildman–Crippen MR) is 120 cm³/mol.